The van der Waals surface area contributed by atoms with Crippen molar-refractivity contribution in [3.63, 3.8) is 0 Å². The number of nitrogens with zero attached hydrogens (tertiary/aromatic N) is 4. The molecule has 1 spiro atoms. The van der Waals surface area contributed by atoms with Crippen LogP contribution in [0.25, 0.3) is 5.82 Å². The van der Waals surface area contributed by atoms with Crippen LogP contribution in [0.15, 0.2) is 42.0 Å². The molecule has 6 heteroatoms. The van der Waals surface area contributed by atoms with Gasteiger partial charge in [-0.25, -0.2) is 9.97 Å². The van der Waals surface area contributed by atoms with Gasteiger partial charge in [-0.1, -0.05) is 19.9 Å². The van der Waals surface area contributed by atoms with Gasteiger partial charge in [0.1, 0.15) is 5.82 Å². The second-order valence-electron chi connectivity index (χ2n) is 7.93. The maximum Gasteiger partial charge on any atom is 0.161 e. The van der Waals surface area contributed by atoms with E-state index in [0.717, 1.165) is 49.8 Å². The third-order valence-electron chi connectivity index (χ3n) is 5.84. The highest BCUT2D eigenvalue weighted by molar-refractivity contribution is 7.09. The Hall–Kier alpha value is -2.18. The summed E-state index contributed by atoms with van der Waals surface area (Å²) < 4.78 is 2.31. The van der Waals surface area contributed by atoms with Gasteiger partial charge in [-0.2, -0.15) is 0 Å². The van der Waals surface area contributed by atoms with E-state index in [-0.39, 0.29) is 5.54 Å². The minimum absolute atomic E-state index is 0.0534. The molecule has 0 unspecified atom stereocenters. The highest BCUT2D eigenvalue weighted by Crippen LogP contribution is 2.44. The zero-order valence-electron chi connectivity index (χ0n) is 15.9. The Bertz CT molecular complexity index is 935. The molecule has 0 aromatic carbocycles. The van der Waals surface area contributed by atoms with Gasteiger partial charge in [0.25, 0.3) is 0 Å². The molecule has 0 atom stereocenters. The van der Waals surface area contributed by atoms with E-state index in [2.05, 4.69) is 63.4 Å². The maximum atomic E-state index is 4.80. The summed E-state index contributed by atoms with van der Waals surface area (Å²) in [5.74, 6) is 2.45. The van der Waals surface area contributed by atoms with Crippen LogP contribution in [0.1, 0.15) is 49.0 Å². The number of nitrogens with one attached hydrogen (secondary N) is 1. The van der Waals surface area contributed by atoms with Gasteiger partial charge in [0.2, 0.25) is 0 Å². The number of imidazole rings is 1. The molecule has 1 N–H and O–H groups in total. The third kappa shape index (κ3) is 2.78. The normalized spacial score (nSPS) is 18.3. The quantitative estimate of drug-likeness (QED) is 0.734. The van der Waals surface area contributed by atoms with Gasteiger partial charge < -0.3 is 5.32 Å². The van der Waals surface area contributed by atoms with Crippen molar-refractivity contribution in [3.8, 4) is 5.82 Å². The smallest absolute Gasteiger partial charge is 0.161 e. The van der Waals surface area contributed by atoms with E-state index in [4.69, 9.17) is 4.98 Å². The standard InChI is InChI=1S/C21H25N5S/c1-15(2)19-23-13-18-21(24-17-6-3-9-22-20(17)26(18)19)7-10-25(11-8-21)14-16-5-4-12-27-16/h3-6,9,12-13,15,24H,7-8,10-11,14H2,1-2H3. The Labute approximate surface area is 164 Å². The fraction of sp³-hybridized carbons (Fsp3) is 0.429. The van der Waals surface area contributed by atoms with Gasteiger partial charge in [-0.05, 0) is 36.4 Å². The van der Waals surface area contributed by atoms with Crippen LogP contribution in [-0.2, 0) is 12.1 Å². The number of pyridine rings is 1. The fourth-order valence-corrected chi connectivity index (χ4v) is 5.17. The highest BCUT2D eigenvalue weighted by Gasteiger charge is 2.43. The second-order valence-corrected chi connectivity index (χ2v) is 8.96. The van der Waals surface area contributed by atoms with E-state index in [0.29, 0.717) is 5.92 Å². The van der Waals surface area contributed by atoms with Crippen molar-refractivity contribution in [2.75, 3.05) is 18.4 Å². The van der Waals surface area contributed by atoms with E-state index >= 15 is 0 Å². The monoisotopic (exact) mass is 379 g/mol. The molecule has 0 radical (unpaired) electrons. The molecule has 0 bridgehead atoms. The number of fused-ring (bicyclic) bond motifs is 4. The molecular formula is C21H25N5S. The van der Waals surface area contributed by atoms with Crippen molar-refractivity contribution >= 4 is 17.0 Å². The molecular weight excluding hydrogens is 354 g/mol. The third-order valence-corrected chi connectivity index (χ3v) is 6.70. The van der Waals surface area contributed by atoms with Crippen LogP contribution in [0, 0.1) is 0 Å². The molecule has 2 aliphatic rings. The number of aromatic nitrogens is 3. The lowest BCUT2D eigenvalue weighted by atomic mass is 9.82. The topological polar surface area (TPSA) is 46.0 Å². The van der Waals surface area contributed by atoms with Crippen molar-refractivity contribution in [2.45, 2.75) is 44.7 Å². The maximum absolute atomic E-state index is 4.80. The van der Waals surface area contributed by atoms with Crippen LogP contribution in [0.5, 0.6) is 0 Å². The molecule has 3 aromatic heterocycles. The Kier molecular flexibility index (Phi) is 4.06. The molecule has 0 saturated carbocycles. The van der Waals surface area contributed by atoms with Crippen LogP contribution in [0.4, 0.5) is 5.69 Å². The number of anilines is 1. The number of likely N-dealkylation sites (tertiary alicyclic amines) is 1. The average molecular weight is 380 g/mol. The van der Waals surface area contributed by atoms with Gasteiger partial charge in [-0.15, -0.1) is 11.3 Å². The molecule has 2 aliphatic heterocycles. The van der Waals surface area contributed by atoms with Gasteiger partial charge in [0, 0.05) is 36.6 Å². The Morgan fingerprint density at radius 2 is 2.04 bits per heavy atom. The van der Waals surface area contributed by atoms with Crippen LogP contribution >= 0.6 is 11.3 Å². The van der Waals surface area contributed by atoms with Crippen molar-refractivity contribution in [1.29, 1.82) is 0 Å². The highest BCUT2D eigenvalue weighted by atomic mass is 32.1. The zero-order valence-corrected chi connectivity index (χ0v) is 16.7. The summed E-state index contributed by atoms with van der Waals surface area (Å²) >= 11 is 1.85. The van der Waals surface area contributed by atoms with E-state index in [9.17, 15) is 0 Å². The first-order chi connectivity index (χ1) is 13.2. The van der Waals surface area contributed by atoms with Crippen molar-refractivity contribution in [2.24, 2.45) is 0 Å². The first-order valence-corrected chi connectivity index (χ1v) is 10.6. The molecule has 1 fully saturated rings. The molecule has 3 aromatic rings. The Morgan fingerprint density at radius 3 is 2.78 bits per heavy atom. The summed E-state index contributed by atoms with van der Waals surface area (Å²) in [4.78, 5) is 13.5. The summed E-state index contributed by atoms with van der Waals surface area (Å²) in [7, 11) is 0. The minimum atomic E-state index is -0.0534. The second kappa shape index (κ2) is 6.46. The summed E-state index contributed by atoms with van der Waals surface area (Å²) in [6.45, 7) is 7.64. The van der Waals surface area contributed by atoms with Crippen LogP contribution in [0.2, 0.25) is 0 Å². The van der Waals surface area contributed by atoms with Crippen molar-refractivity contribution in [1.82, 2.24) is 19.4 Å². The zero-order chi connectivity index (χ0) is 18.4. The van der Waals surface area contributed by atoms with E-state index in [1.165, 1.54) is 10.6 Å². The predicted octanol–water partition coefficient (Wildman–Crippen LogP) is 4.37. The number of rotatable bonds is 3. The molecule has 5 rings (SSSR count). The van der Waals surface area contributed by atoms with Crippen LogP contribution < -0.4 is 5.32 Å². The first kappa shape index (κ1) is 17.0. The molecule has 1 saturated heterocycles. The molecule has 140 valence electrons. The van der Waals surface area contributed by atoms with Crippen LogP contribution in [-0.4, -0.2) is 32.5 Å². The molecule has 5 nitrogen and oxygen atoms in total. The number of piperidine rings is 1. The predicted molar refractivity (Wildman–Crippen MR) is 110 cm³/mol. The summed E-state index contributed by atoms with van der Waals surface area (Å²) in [6, 6.07) is 8.54. The number of thiophene rings is 1. The Balaban J connectivity index is 1.48. The van der Waals surface area contributed by atoms with E-state index in [1.54, 1.807) is 0 Å². The molecule has 0 aliphatic carbocycles. The van der Waals surface area contributed by atoms with Gasteiger partial charge in [-0.3, -0.25) is 9.47 Å². The molecule has 5 heterocycles. The van der Waals surface area contributed by atoms with Crippen LogP contribution in [0.3, 0.4) is 0 Å². The first-order valence-electron chi connectivity index (χ1n) is 9.73. The average Bonchev–Trinajstić information content (AvgIpc) is 3.34. The molecule has 0 amide bonds. The Morgan fingerprint density at radius 1 is 1.19 bits per heavy atom. The number of hydrogen-bond donors (Lipinski definition) is 1. The fourth-order valence-electron chi connectivity index (χ4n) is 4.43. The van der Waals surface area contributed by atoms with Gasteiger partial charge >= 0.3 is 0 Å². The summed E-state index contributed by atoms with van der Waals surface area (Å²) in [5.41, 5.74) is 2.34. The minimum Gasteiger partial charge on any atom is -0.371 e. The van der Waals surface area contributed by atoms with Gasteiger partial charge in [0.05, 0.1) is 23.1 Å². The van der Waals surface area contributed by atoms with Crippen molar-refractivity contribution in [3.05, 3.63) is 58.4 Å². The van der Waals surface area contributed by atoms with Crippen molar-refractivity contribution < 1.29 is 0 Å². The lowest BCUT2D eigenvalue weighted by Gasteiger charge is -2.45. The SMILES string of the molecule is CC(C)c1ncc2n1-c1ncccc1NC21CCN(Cc2cccs2)CC1. The van der Waals surface area contributed by atoms with E-state index in [1.807, 2.05) is 23.6 Å². The summed E-state index contributed by atoms with van der Waals surface area (Å²) in [5, 5.41) is 6.02. The number of hydrogen-bond acceptors (Lipinski definition) is 5. The summed E-state index contributed by atoms with van der Waals surface area (Å²) in [6.07, 6.45) is 6.11. The lowest BCUT2D eigenvalue weighted by molar-refractivity contribution is 0.163. The molecule has 27 heavy (non-hydrogen) atoms. The lowest BCUT2D eigenvalue weighted by Crippen LogP contribution is -2.49. The van der Waals surface area contributed by atoms with E-state index < -0.39 is 0 Å². The van der Waals surface area contributed by atoms with Gasteiger partial charge in [0.15, 0.2) is 5.82 Å². The largest absolute Gasteiger partial charge is 0.371 e.